The Labute approximate surface area is 178 Å². The minimum atomic E-state index is -0.663. The number of rotatable bonds is 5. The number of hydrogen-bond donors (Lipinski definition) is 2. The van der Waals surface area contributed by atoms with Crippen LogP contribution in [0.5, 0.6) is 5.75 Å². The minimum absolute atomic E-state index is 0.0735. The lowest BCUT2D eigenvalue weighted by Crippen LogP contribution is -3.06. The zero-order valence-electron chi connectivity index (χ0n) is 19.2. The molecule has 0 spiro atoms. The van der Waals surface area contributed by atoms with Crippen LogP contribution >= 0.6 is 0 Å². The van der Waals surface area contributed by atoms with Crippen molar-refractivity contribution >= 4 is 16.9 Å². The second kappa shape index (κ2) is 8.06. The standard InChI is InChI=1S/C24H34N2O4/c1-8-16-11-20(27)30-19-10-14(2)9-18(21(16)19)29-15(3)22(28)25-17-12-23(4,5)26-24(6,7)13-17/h9-11,15,17,26H,8,12-13H2,1-7H3,(H,25,28)/p+1/t15-/m0/s1. The van der Waals surface area contributed by atoms with Crippen molar-refractivity contribution in [1.82, 2.24) is 5.32 Å². The Morgan fingerprint density at radius 3 is 2.47 bits per heavy atom. The maximum Gasteiger partial charge on any atom is 0.336 e. The van der Waals surface area contributed by atoms with E-state index < -0.39 is 6.10 Å². The predicted molar refractivity (Wildman–Crippen MR) is 118 cm³/mol. The van der Waals surface area contributed by atoms with E-state index in [1.54, 1.807) is 6.92 Å². The number of ether oxygens (including phenoxy) is 1. The van der Waals surface area contributed by atoms with Gasteiger partial charge in [-0.25, -0.2) is 4.79 Å². The SMILES string of the molecule is CCc1cc(=O)oc2cc(C)cc(O[C@@H](C)C(=O)NC3CC(C)(C)[NH2+]C(C)(C)C3)c12. The Bertz CT molecular complexity index is 990. The van der Waals surface area contributed by atoms with Crippen LogP contribution in [-0.2, 0) is 11.2 Å². The molecule has 6 heteroatoms. The number of fused-ring (bicyclic) bond motifs is 1. The van der Waals surface area contributed by atoms with E-state index in [0.717, 1.165) is 29.4 Å². The number of carbonyl (C=O) groups is 1. The van der Waals surface area contributed by atoms with Crippen molar-refractivity contribution in [2.24, 2.45) is 0 Å². The molecule has 1 aromatic heterocycles. The largest absolute Gasteiger partial charge is 0.480 e. The molecule has 0 unspecified atom stereocenters. The molecule has 0 bridgehead atoms. The monoisotopic (exact) mass is 415 g/mol. The highest BCUT2D eigenvalue weighted by Gasteiger charge is 2.42. The summed E-state index contributed by atoms with van der Waals surface area (Å²) in [6.07, 6.45) is 1.83. The quantitative estimate of drug-likeness (QED) is 0.736. The van der Waals surface area contributed by atoms with Crippen LogP contribution in [0.4, 0.5) is 0 Å². The topological polar surface area (TPSA) is 85.1 Å². The summed E-state index contributed by atoms with van der Waals surface area (Å²) in [5.41, 5.74) is 2.03. The lowest BCUT2D eigenvalue weighted by molar-refractivity contribution is -0.787. The Kier molecular flexibility index (Phi) is 6.01. The fraction of sp³-hybridized carbons (Fsp3) is 0.583. The van der Waals surface area contributed by atoms with Crippen molar-refractivity contribution in [3.05, 3.63) is 39.7 Å². The maximum atomic E-state index is 12.9. The second-order valence-corrected chi connectivity index (χ2v) is 10.1. The molecule has 30 heavy (non-hydrogen) atoms. The van der Waals surface area contributed by atoms with Gasteiger partial charge < -0.3 is 19.8 Å². The van der Waals surface area contributed by atoms with Crippen LogP contribution in [0, 0.1) is 6.92 Å². The van der Waals surface area contributed by atoms with Gasteiger partial charge in [-0.15, -0.1) is 0 Å². The minimum Gasteiger partial charge on any atom is -0.480 e. The molecule has 3 rings (SSSR count). The summed E-state index contributed by atoms with van der Waals surface area (Å²) >= 11 is 0. The molecular weight excluding hydrogens is 380 g/mol. The predicted octanol–water partition coefficient (Wildman–Crippen LogP) is 2.83. The first-order valence-corrected chi connectivity index (χ1v) is 10.8. The van der Waals surface area contributed by atoms with Gasteiger partial charge in [-0.3, -0.25) is 4.79 Å². The first kappa shape index (κ1) is 22.3. The number of aryl methyl sites for hydroxylation is 2. The molecule has 6 nitrogen and oxygen atoms in total. The average molecular weight is 416 g/mol. The maximum absolute atomic E-state index is 12.9. The third kappa shape index (κ3) is 5.04. The summed E-state index contributed by atoms with van der Waals surface area (Å²) in [6, 6.07) is 5.33. The number of benzene rings is 1. The smallest absolute Gasteiger partial charge is 0.336 e. The van der Waals surface area contributed by atoms with Crippen molar-refractivity contribution < 1.29 is 19.3 Å². The number of piperidine rings is 1. The molecule has 1 amide bonds. The normalized spacial score (nSPS) is 19.4. The van der Waals surface area contributed by atoms with Gasteiger partial charge in [0.15, 0.2) is 6.10 Å². The summed E-state index contributed by atoms with van der Waals surface area (Å²) in [5, 5.41) is 6.34. The molecule has 1 atom stereocenters. The Morgan fingerprint density at radius 2 is 1.87 bits per heavy atom. The molecule has 2 aromatic rings. The van der Waals surface area contributed by atoms with Crippen LogP contribution in [0.1, 0.15) is 65.5 Å². The van der Waals surface area contributed by atoms with E-state index in [0.29, 0.717) is 17.8 Å². The van der Waals surface area contributed by atoms with Gasteiger partial charge in [0.2, 0.25) is 0 Å². The van der Waals surface area contributed by atoms with E-state index in [2.05, 4.69) is 38.3 Å². The summed E-state index contributed by atoms with van der Waals surface area (Å²) in [4.78, 5) is 24.8. The Morgan fingerprint density at radius 1 is 1.23 bits per heavy atom. The van der Waals surface area contributed by atoms with E-state index in [1.165, 1.54) is 6.07 Å². The molecule has 3 N–H and O–H groups in total. The Balaban J connectivity index is 1.82. The zero-order chi connectivity index (χ0) is 22.3. The van der Waals surface area contributed by atoms with Crippen LogP contribution < -0.4 is 21.0 Å². The van der Waals surface area contributed by atoms with Gasteiger partial charge in [-0.2, -0.15) is 0 Å². The lowest BCUT2D eigenvalue weighted by atomic mass is 9.79. The van der Waals surface area contributed by atoms with Gasteiger partial charge in [0.1, 0.15) is 11.3 Å². The van der Waals surface area contributed by atoms with E-state index >= 15 is 0 Å². The van der Waals surface area contributed by atoms with Gasteiger partial charge >= 0.3 is 5.63 Å². The molecule has 0 saturated carbocycles. The number of carbonyl (C=O) groups excluding carboxylic acids is 1. The molecule has 2 heterocycles. The lowest BCUT2D eigenvalue weighted by Gasteiger charge is -2.43. The van der Waals surface area contributed by atoms with Crippen molar-refractivity contribution in [1.29, 1.82) is 0 Å². The number of hydrogen-bond acceptors (Lipinski definition) is 4. The van der Waals surface area contributed by atoms with Crippen LogP contribution in [0.25, 0.3) is 11.0 Å². The molecule has 1 aromatic carbocycles. The third-order valence-electron chi connectivity index (χ3n) is 5.76. The summed E-state index contributed by atoms with van der Waals surface area (Å²) in [5.74, 6) is 0.449. The molecule has 1 fully saturated rings. The van der Waals surface area contributed by atoms with Gasteiger partial charge in [0.05, 0.1) is 16.5 Å². The summed E-state index contributed by atoms with van der Waals surface area (Å²) in [6.45, 7) is 14.5. The Hall–Kier alpha value is -2.34. The van der Waals surface area contributed by atoms with Crippen molar-refractivity contribution in [3.63, 3.8) is 0 Å². The van der Waals surface area contributed by atoms with Crippen molar-refractivity contribution in [2.75, 3.05) is 0 Å². The molecule has 1 saturated heterocycles. The fourth-order valence-electron chi connectivity index (χ4n) is 5.02. The fourth-order valence-corrected chi connectivity index (χ4v) is 5.02. The number of quaternary nitrogens is 1. The van der Waals surface area contributed by atoms with E-state index in [-0.39, 0.29) is 28.7 Å². The summed E-state index contributed by atoms with van der Waals surface area (Å²) < 4.78 is 11.5. The van der Waals surface area contributed by atoms with E-state index in [9.17, 15) is 9.59 Å². The van der Waals surface area contributed by atoms with E-state index in [4.69, 9.17) is 9.15 Å². The van der Waals surface area contributed by atoms with Crippen LogP contribution in [0.15, 0.2) is 27.4 Å². The second-order valence-electron chi connectivity index (χ2n) is 10.1. The average Bonchev–Trinajstić information content (AvgIpc) is 2.57. The molecule has 164 valence electrons. The van der Waals surface area contributed by atoms with Gasteiger partial charge in [-0.1, -0.05) is 6.92 Å². The molecule has 0 radical (unpaired) electrons. The highest BCUT2D eigenvalue weighted by molar-refractivity contribution is 5.88. The van der Waals surface area contributed by atoms with Crippen molar-refractivity contribution in [2.45, 2.75) is 91.0 Å². The van der Waals surface area contributed by atoms with Crippen LogP contribution in [-0.4, -0.2) is 29.1 Å². The zero-order valence-corrected chi connectivity index (χ0v) is 19.2. The van der Waals surface area contributed by atoms with E-state index in [1.807, 2.05) is 26.0 Å². The molecule has 1 aliphatic rings. The third-order valence-corrected chi connectivity index (χ3v) is 5.76. The number of nitrogens with two attached hydrogens (primary N) is 1. The molecular formula is C24H35N2O4+. The van der Waals surface area contributed by atoms with Crippen LogP contribution in [0.3, 0.4) is 0 Å². The molecule has 0 aliphatic carbocycles. The highest BCUT2D eigenvalue weighted by Crippen LogP contribution is 2.31. The number of amides is 1. The highest BCUT2D eigenvalue weighted by atomic mass is 16.5. The van der Waals surface area contributed by atoms with Crippen molar-refractivity contribution in [3.8, 4) is 5.75 Å². The summed E-state index contributed by atoms with van der Waals surface area (Å²) in [7, 11) is 0. The first-order chi connectivity index (χ1) is 13.9. The van der Waals surface area contributed by atoms with Gasteiger partial charge in [0.25, 0.3) is 5.91 Å². The first-order valence-electron chi connectivity index (χ1n) is 10.8. The van der Waals surface area contributed by atoms with Gasteiger partial charge in [0, 0.05) is 24.9 Å². The van der Waals surface area contributed by atoms with Gasteiger partial charge in [-0.05, 0) is 71.2 Å². The molecule has 1 aliphatic heterocycles. The number of nitrogens with one attached hydrogen (secondary N) is 1. The van der Waals surface area contributed by atoms with Crippen LogP contribution in [0.2, 0.25) is 0 Å².